The van der Waals surface area contributed by atoms with Crippen molar-refractivity contribution in [2.45, 2.75) is 6.42 Å². The molecule has 3 heterocycles. The molecular weight excluding hydrogens is 378 g/mol. The van der Waals surface area contributed by atoms with E-state index in [1.54, 1.807) is 12.1 Å². The molecule has 2 aromatic heterocycles. The van der Waals surface area contributed by atoms with E-state index in [1.807, 2.05) is 30.5 Å². The maximum Gasteiger partial charge on any atom is 0.294 e. The summed E-state index contributed by atoms with van der Waals surface area (Å²) in [5.74, 6) is -0.381. The van der Waals surface area contributed by atoms with Crippen LogP contribution in [0.4, 0.5) is 4.79 Å². The molecule has 4 rings (SSSR count). The van der Waals surface area contributed by atoms with E-state index >= 15 is 0 Å². The van der Waals surface area contributed by atoms with Crippen molar-refractivity contribution in [1.82, 2.24) is 15.2 Å². The molecule has 28 heavy (non-hydrogen) atoms. The molecule has 3 amide bonds. The summed E-state index contributed by atoms with van der Waals surface area (Å²) in [6, 6.07) is 11.3. The number of thioether (sulfide) groups is 1. The number of nitrogens with one attached hydrogen (secondary N) is 2. The Balaban J connectivity index is 1.32. The first-order valence-corrected chi connectivity index (χ1v) is 9.54. The van der Waals surface area contributed by atoms with Gasteiger partial charge in [-0.1, -0.05) is 18.2 Å². The number of benzene rings is 1. The third-order valence-electron chi connectivity index (χ3n) is 4.38. The zero-order valence-electron chi connectivity index (χ0n) is 14.8. The minimum absolute atomic E-state index is 0.242. The average Bonchev–Trinajstić information content (AvgIpc) is 3.40. The molecule has 0 radical (unpaired) electrons. The van der Waals surface area contributed by atoms with Gasteiger partial charge in [-0.15, -0.1) is 0 Å². The zero-order chi connectivity index (χ0) is 19.5. The molecule has 0 unspecified atom stereocenters. The lowest BCUT2D eigenvalue weighted by atomic mass is 10.1. The number of rotatable bonds is 6. The Morgan fingerprint density at radius 3 is 2.89 bits per heavy atom. The van der Waals surface area contributed by atoms with E-state index < -0.39 is 11.1 Å². The Hall–Kier alpha value is -3.26. The first-order valence-electron chi connectivity index (χ1n) is 8.72. The Morgan fingerprint density at radius 2 is 2.07 bits per heavy atom. The predicted octanol–water partition coefficient (Wildman–Crippen LogP) is 3.16. The van der Waals surface area contributed by atoms with Crippen molar-refractivity contribution in [2.24, 2.45) is 0 Å². The molecule has 1 aromatic carbocycles. The summed E-state index contributed by atoms with van der Waals surface area (Å²) in [5, 5.41) is 3.42. The standard InChI is InChI=1S/C20H17N3O4S/c24-18(21-8-7-13-11-22-16-6-2-1-5-15(13)16)12-23-19(25)17(28-20(23)26)10-14-4-3-9-27-14/h1-6,9-11,22H,7-8,12H2,(H,21,24)/b17-10-. The zero-order valence-corrected chi connectivity index (χ0v) is 15.6. The van der Waals surface area contributed by atoms with E-state index in [4.69, 9.17) is 4.42 Å². The van der Waals surface area contributed by atoms with Gasteiger partial charge in [-0.25, -0.2) is 0 Å². The first kappa shape index (κ1) is 18.1. The summed E-state index contributed by atoms with van der Waals surface area (Å²) in [6.07, 6.45) is 5.56. The molecule has 1 fully saturated rings. The molecule has 0 saturated carbocycles. The largest absolute Gasteiger partial charge is 0.465 e. The van der Waals surface area contributed by atoms with Crippen LogP contribution < -0.4 is 5.32 Å². The minimum Gasteiger partial charge on any atom is -0.465 e. The molecule has 0 atom stereocenters. The Labute approximate surface area is 164 Å². The van der Waals surface area contributed by atoms with Crippen LogP contribution in [-0.2, 0) is 16.0 Å². The molecule has 0 spiro atoms. The van der Waals surface area contributed by atoms with Gasteiger partial charge in [0.05, 0.1) is 11.2 Å². The van der Waals surface area contributed by atoms with E-state index in [-0.39, 0.29) is 17.4 Å². The fraction of sp³-hybridized carbons (Fsp3) is 0.150. The molecule has 1 aliphatic heterocycles. The number of hydrogen-bond donors (Lipinski definition) is 2. The van der Waals surface area contributed by atoms with Crippen molar-refractivity contribution in [3.05, 3.63) is 65.1 Å². The fourth-order valence-corrected chi connectivity index (χ4v) is 3.83. The van der Waals surface area contributed by atoms with Gasteiger partial charge in [-0.3, -0.25) is 19.3 Å². The second-order valence-corrected chi connectivity index (χ2v) is 7.24. The van der Waals surface area contributed by atoms with Gasteiger partial charge in [0.25, 0.3) is 11.1 Å². The second kappa shape index (κ2) is 7.77. The molecule has 8 heteroatoms. The van der Waals surface area contributed by atoms with Crippen molar-refractivity contribution in [3.8, 4) is 0 Å². The number of para-hydroxylation sites is 1. The molecule has 1 aliphatic rings. The third-order valence-corrected chi connectivity index (χ3v) is 5.29. The van der Waals surface area contributed by atoms with Crippen molar-refractivity contribution in [2.75, 3.05) is 13.1 Å². The van der Waals surface area contributed by atoms with Gasteiger partial charge in [0.1, 0.15) is 12.3 Å². The van der Waals surface area contributed by atoms with Gasteiger partial charge in [0.15, 0.2) is 0 Å². The van der Waals surface area contributed by atoms with Crippen molar-refractivity contribution < 1.29 is 18.8 Å². The smallest absolute Gasteiger partial charge is 0.294 e. The first-order chi connectivity index (χ1) is 13.6. The number of nitrogens with zero attached hydrogens (tertiary/aromatic N) is 1. The van der Waals surface area contributed by atoms with Crippen LogP contribution >= 0.6 is 11.8 Å². The highest BCUT2D eigenvalue weighted by Crippen LogP contribution is 2.32. The Bertz CT molecular complexity index is 1070. The molecule has 0 aliphatic carbocycles. The highest BCUT2D eigenvalue weighted by molar-refractivity contribution is 8.18. The Kier molecular flexibility index (Phi) is 5.03. The summed E-state index contributed by atoms with van der Waals surface area (Å²) in [6.45, 7) is 0.118. The number of furan rings is 1. The lowest BCUT2D eigenvalue weighted by Crippen LogP contribution is -2.40. The highest BCUT2D eigenvalue weighted by atomic mass is 32.2. The van der Waals surface area contributed by atoms with E-state index in [9.17, 15) is 14.4 Å². The molecule has 7 nitrogen and oxygen atoms in total. The second-order valence-electron chi connectivity index (χ2n) is 6.24. The molecular formula is C20H17N3O4S. The number of carbonyl (C=O) groups is 3. The predicted molar refractivity (Wildman–Crippen MR) is 106 cm³/mol. The summed E-state index contributed by atoms with van der Waals surface area (Å²) in [5.41, 5.74) is 2.15. The number of imide groups is 1. The molecule has 2 N–H and O–H groups in total. The van der Waals surface area contributed by atoms with Crippen LogP contribution in [0, 0.1) is 0 Å². The fourth-order valence-electron chi connectivity index (χ4n) is 3.01. The molecule has 3 aromatic rings. The van der Waals surface area contributed by atoms with Gasteiger partial charge >= 0.3 is 0 Å². The van der Waals surface area contributed by atoms with Crippen LogP contribution in [0.25, 0.3) is 17.0 Å². The van der Waals surface area contributed by atoms with Crippen LogP contribution in [0.2, 0.25) is 0 Å². The number of fused-ring (bicyclic) bond motifs is 1. The molecule has 142 valence electrons. The SMILES string of the molecule is O=C(CN1C(=O)S/C(=C\c2ccco2)C1=O)NCCc1c[nH]c2ccccc12. The van der Waals surface area contributed by atoms with Gasteiger partial charge in [-0.05, 0) is 41.9 Å². The lowest BCUT2D eigenvalue weighted by molar-refractivity contribution is -0.129. The van der Waals surface area contributed by atoms with Gasteiger partial charge in [0.2, 0.25) is 5.91 Å². The minimum atomic E-state index is -0.488. The van der Waals surface area contributed by atoms with Crippen LogP contribution in [0.3, 0.4) is 0 Å². The number of H-pyrrole nitrogens is 1. The maximum absolute atomic E-state index is 12.4. The number of aromatic nitrogens is 1. The summed E-state index contributed by atoms with van der Waals surface area (Å²) in [4.78, 5) is 41.0. The quantitative estimate of drug-likeness (QED) is 0.625. The summed E-state index contributed by atoms with van der Waals surface area (Å²) < 4.78 is 5.16. The maximum atomic E-state index is 12.4. The van der Waals surface area contributed by atoms with Gasteiger partial charge in [-0.2, -0.15) is 0 Å². The monoisotopic (exact) mass is 395 g/mol. The van der Waals surface area contributed by atoms with Gasteiger partial charge < -0.3 is 14.7 Å². The van der Waals surface area contributed by atoms with Crippen molar-refractivity contribution >= 4 is 45.8 Å². The van der Waals surface area contributed by atoms with Crippen LogP contribution in [0.1, 0.15) is 11.3 Å². The van der Waals surface area contributed by atoms with Crippen molar-refractivity contribution in [3.63, 3.8) is 0 Å². The Morgan fingerprint density at radius 1 is 1.21 bits per heavy atom. The highest BCUT2D eigenvalue weighted by Gasteiger charge is 2.36. The average molecular weight is 395 g/mol. The number of carbonyl (C=O) groups excluding carboxylic acids is 3. The summed E-state index contributed by atoms with van der Waals surface area (Å²) in [7, 11) is 0. The normalized spacial score (nSPS) is 15.7. The van der Waals surface area contributed by atoms with E-state index in [1.165, 1.54) is 12.3 Å². The number of hydrogen-bond acceptors (Lipinski definition) is 5. The molecule has 0 bridgehead atoms. The van der Waals surface area contributed by atoms with Crippen LogP contribution in [0.5, 0.6) is 0 Å². The van der Waals surface area contributed by atoms with Crippen molar-refractivity contribution in [1.29, 1.82) is 0 Å². The van der Waals surface area contributed by atoms with E-state index in [0.29, 0.717) is 18.7 Å². The lowest BCUT2D eigenvalue weighted by Gasteiger charge is -2.12. The van der Waals surface area contributed by atoms with Crippen LogP contribution in [-0.4, -0.2) is 40.0 Å². The third kappa shape index (κ3) is 3.72. The number of amides is 3. The summed E-state index contributed by atoms with van der Waals surface area (Å²) >= 11 is 0.800. The van der Waals surface area contributed by atoms with Gasteiger partial charge in [0, 0.05) is 29.7 Å². The van der Waals surface area contributed by atoms with E-state index in [0.717, 1.165) is 33.1 Å². The van der Waals surface area contributed by atoms with Crippen LogP contribution in [0.15, 0.2) is 58.2 Å². The topological polar surface area (TPSA) is 95.4 Å². The number of aromatic amines is 1. The molecule has 1 saturated heterocycles. The van der Waals surface area contributed by atoms with E-state index in [2.05, 4.69) is 10.3 Å².